The first-order valence-corrected chi connectivity index (χ1v) is 8.71. The van der Waals surface area contributed by atoms with E-state index >= 15 is 0 Å². The first-order chi connectivity index (χ1) is 13.0. The molecule has 0 spiro atoms. The maximum absolute atomic E-state index is 12.9. The number of benzene rings is 1. The van der Waals surface area contributed by atoms with Crippen molar-refractivity contribution in [3.63, 3.8) is 0 Å². The Bertz CT molecular complexity index is 979. The average Bonchev–Trinajstić information content (AvgIpc) is 3.40. The third-order valence-electron chi connectivity index (χ3n) is 4.75. The van der Waals surface area contributed by atoms with E-state index in [0.717, 1.165) is 17.7 Å². The number of carbonyl (C=O) groups is 1. The predicted molar refractivity (Wildman–Crippen MR) is 95.3 cm³/mol. The summed E-state index contributed by atoms with van der Waals surface area (Å²) >= 11 is 0. The molecule has 140 valence electrons. The molecule has 2 aromatic heterocycles. The number of methoxy groups -OCH3 is 1. The molecule has 0 bridgehead atoms. The number of aryl methyl sites for hydroxylation is 2. The molecular formula is C18H20N6O3. The van der Waals surface area contributed by atoms with Crippen molar-refractivity contribution in [3.8, 4) is 17.3 Å². The fraction of sp³-hybridized carbons (Fsp3) is 0.389. The summed E-state index contributed by atoms with van der Waals surface area (Å²) in [6.45, 7) is 4.91. The summed E-state index contributed by atoms with van der Waals surface area (Å²) in [5.74, 6) is 1.66. The zero-order valence-electron chi connectivity index (χ0n) is 15.4. The number of amides is 1. The molecule has 3 heterocycles. The Labute approximate surface area is 155 Å². The minimum absolute atomic E-state index is 0.0190. The zero-order valence-corrected chi connectivity index (χ0v) is 15.4. The molecular weight excluding hydrogens is 348 g/mol. The van der Waals surface area contributed by atoms with Crippen LogP contribution < -0.4 is 4.74 Å². The van der Waals surface area contributed by atoms with E-state index < -0.39 is 0 Å². The molecule has 9 heteroatoms. The average molecular weight is 368 g/mol. The Morgan fingerprint density at radius 2 is 2.19 bits per heavy atom. The van der Waals surface area contributed by atoms with Crippen molar-refractivity contribution in [3.05, 3.63) is 41.3 Å². The molecule has 1 aliphatic heterocycles. The number of rotatable bonds is 4. The van der Waals surface area contributed by atoms with Gasteiger partial charge in [-0.2, -0.15) is 4.98 Å². The number of carbonyl (C=O) groups excluding carboxylic acids is 1. The Morgan fingerprint density at radius 3 is 2.89 bits per heavy atom. The van der Waals surface area contributed by atoms with Crippen molar-refractivity contribution in [2.24, 2.45) is 0 Å². The molecule has 9 nitrogen and oxygen atoms in total. The maximum Gasteiger partial charge on any atom is 0.280 e. The van der Waals surface area contributed by atoms with Crippen LogP contribution in [0.4, 0.5) is 0 Å². The van der Waals surface area contributed by atoms with Crippen LogP contribution in [0.3, 0.4) is 0 Å². The Hall–Kier alpha value is -3.23. The van der Waals surface area contributed by atoms with Crippen LogP contribution in [0.2, 0.25) is 0 Å². The highest BCUT2D eigenvalue weighted by Gasteiger charge is 2.30. The highest BCUT2D eigenvalue weighted by molar-refractivity contribution is 5.96. The van der Waals surface area contributed by atoms with Crippen molar-refractivity contribution in [1.82, 2.24) is 30.0 Å². The van der Waals surface area contributed by atoms with Gasteiger partial charge in [0, 0.05) is 18.7 Å². The molecule has 1 amide bonds. The first-order valence-electron chi connectivity index (χ1n) is 8.71. The van der Waals surface area contributed by atoms with E-state index in [2.05, 4.69) is 20.5 Å². The van der Waals surface area contributed by atoms with Gasteiger partial charge in [-0.1, -0.05) is 10.4 Å². The quantitative estimate of drug-likeness (QED) is 0.695. The second-order valence-electron chi connectivity index (χ2n) is 6.61. The van der Waals surface area contributed by atoms with Gasteiger partial charge < -0.3 is 14.2 Å². The lowest BCUT2D eigenvalue weighted by atomic mass is 10.1. The lowest BCUT2D eigenvalue weighted by Crippen LogP contribution is -2.29. The van der Waals surface area contributed by atoms with Crippen LogP contribution >= 0.6 is 0 Å². The maximum atomic E-state index is 12.9. The SMILES string of the molecule is COc1ccc(C(=O)N2CCC(n3cc(-c4nc(C)no4)nn3)C2)c(C)c1. The molecule has 0 aliphatic carbocycles. The summed E-state index contributed by atoms with van der Waals surface area (Å²) in [5, 5.41) is 12.0. The summed E-state index contributed by atoms with van der Waals surface area (Å²) in [6, 6.07) is 5.56. The molecule has 0 N–H and O–H groups in total. The summed E-state index contributed by atoms with van der Waals surface area (Å²) in [7, 11) is 1.61. The first kappa shape index (κ1) is 17.2. The van der Waals surface area contributed by atoms with Crippen LogP contribution in [0.1, 0.15) is 34.2 Å². The topological polar surface area (TPSA) is 99.2 Å². The number of aromatic nitrogens is 5. The fourth-order valence-electron chi connectivity index (χ4n) is 3.27. The number of nitrogens with zero attached hydrogens (tertiary/aromatic N) is 6. The van der Waals surface area contributed by atoms with E-state index in [0.29, 0.717) is 36.1 Å². The van der Waals surface area contributed by atoms with Gasteiger partial charge >= 0.3 is 0 Å². The van der Waals surface area contributed by atoms with E-state index in [1.165, 1.54) is 0 Å². The fourth-order valence-corrected chi connectivity index (χ4v) is 3.27. The largest absolute Gasteiger partial charge is 0.497 e. The minimum atomic E-state index is 0.0190. The smallest absolute Gasteiger partial charge is 0.280 e. The molecule has 3 aromatic rings. The van der Waals surface area contributed by atoms with Crippen molar-refractivity contribution in [2.45, 2.75) is 26.3 Å². The Kier molecular flexibility index (Phi) is 4.35. The van der Waals surface area contributed by atoms with Crippen molar-refractivity contribution in [1.29, 1.82) is 0 Å². The zero-order chi connectivity index (χ0) is 19.0. The third kappa shape index (κ3) is 3.27. The lowest BCUT2D eigenvalue weighted by molar-refractivity contribution is 0.0786. The van der Waals surface area contributed by atoms with Gasteiger partial charge in [0.15, 0.2) is 11.5 Å². The lowest BCUT2D eigenvalue weighted by Gasteiger charge is -2.18. The highest BCUT2D eigenvalue weighted by Crippen LogP contribution is 2.26. The summed E-state index contributed by atoms with van der Waals surface area (Å²) < 4.78 is 12.1. The molecule has 0 saturated carbocycles. The van der Waals surface area contributed by atoms with Crippen LogP contribution in [-0.2, 0) is 0 Å². The molecule has 1 saturated heterocycles. The van der Waals surface area contributed by atoms with Crippen molar-refractivity contribution < 1.29 is 14.1 Å². The standard InChI is InChI=1S/C18H20N6O3/c1-11-8-14(26-3)4-5-15(11)18(25)23-7-6-13(9-23)24-10-16(20-22-24)17-19-12(2)21-27-17/h4-5,8,10,13H,6-7,9H2,1-3H3. The van der Waals surface area contributed by atoms with Crippen LogP contribution in [0.15, 0.2) is 28.9 Å². The molecule has 1 fully saturated rings. The van der Waals surface area contributed by atoms with Gasteiger partial charge in [-0.3, -0.25) is 4.79 Å². The molecule has 0 radical (unpaired) electrons. The van der Waals surface area contributed by atoms with Crippen LogP contribution in [0, 0.1) is 13.8 Å². The van der Waals surface area contributed by atoms with Crippen molar-refractivity contribution in [2.75, 3.05) is 20.2 Å². The molecule has 1 unspecified atom stereocenters. The van der Waals surface area contributed by atoms with E-state index in [1.807, 2.05) is 30.0 Å². The molecule has 4 rings (SSSR count). The molecule has 1 aliphatic rings. The number of hydrogen-bond acceptors (Lipinski definition) is 7. The Balaban J connectivity index is 1.47. The van der Waals surface area contributed by atoms with Gasteiger partial charge in [0.25, 0.3) is 11.8 Å². The molecule has 27 heavy (non-hydrogen) atoms. The van der Waals surface area contributed by atoms with Crippen LogP contribution in [0.25, 0.3) is 11.6 Å². The third-order valence-corrected chi connectivity index (χ3v) is 4.75. The van der Waals surface area contributed by atoms with E-state index in [-0.39, 0.29) is 11.9 Å². The highest BCUT2D eigenvalue weighted by atomic mass is 16.5. The van der Waals surface area contributed by atoms with Gasteiger partial charge in [0.2, 0.25) is 0 Å². The monoisotopic (exact) mass is 368 g/mol. The summed E-state index contributed by atoms with van der Waals surface area (Å²) in [5.41, 5.74) is 2.13. The summed E-state index contributed by atoms with van der Waals surface area (Å²) in [6.07, 6.45) is 2.59. The summed E-state index contributed by atoms with van der Waals surface area (Å²) in [4.78, 5) is 18.9. The molecule has 1 aromatic carbocycles. The van der Waals surface area contributed by atoms with E-state index in [9.17, 15) is 4.79 Å². The predicted octanol–water partition coefficient (Wildman–Crippen LogP) is 2.04. The van der Waals surface area contributed by atoms with Crippen molar-refractivity contribution >= 4 is 5.91 Å². The van der Waals surface area contributed by atoms with Crippen LogP contribution in [0.5, 0.6) is 5.75 Å². The number of likely N-dealkylation sites (tertiary alicyclic amines) is 1. The Morgan fingerprint density at radius 1 is 1.33 bits per heavy atom. The van der Waals surface area contributed by atoms with Gasteiger partial charge in [-0.15, -0.1) is 5.10 Å². The van der Waals surface area contributed by atoms with Gasteiger partial charge in [-0.25, -0.2) is 4.68 Å². The second-order valence-corrected chi connectivity index (χ2v) is 6.61. The normalized spacial score (nSPS) is 16.7. The van der Waals surface area contributed by atoms with Crippen LogP contribution in [-0.4, -0.2) is 56.1 Å². The van der Waals surface area contributed by atoms with Gasteiger partial charge in [-0.05, 0) is 44.0 Å². The van der Waals surface area contributed by atoms with E-state index in [4.69, 9.17) is 9.26 Å². The molecule has 1 atom stereocenters. The van der Waals surface area contributed by atoms with E-state index in [1.54, 1.807) is 24.9 Å². The number of hydrogen-bond donors (Lipinski definition) is 0. The second kappa shape index (κ2) is 6.82. The minimum Gasteiger partial charge on any atom is -0.497 e. The van der Waals surface area contributed by atoms with Gasteiger partial charge in [0.1, 0.15) is 5.75 Å². The van der Waals surface area contributed by atoms with Gasteiger partial charge in [0.05, 0.1) is 19.3 Å². The number of ether oxygens (including phenoxy) is 1.